The van der Waals surface area contributed by atoms with Gasteiger partial charge >= 0.3 is 6.18 Å². The van der Waals surface area contributed by atoms with Gasteiger partial charge in [-0.25, -0.2) is 13.8 Å². The minimum Gasteiger partial charge on any atom is -0.495 e. The van der Waals surface area contributed by atoms with E-state index in [1.807, 2.05) is 0 Å². The molecule has 0 saturated carbocycles. The highest BCUT2D eigenvalue weighted by Crippen LogP contribution is 2.38. The molecule has 2 aromatic carbocycles. The maximum absolute atomic E-state index is 13.9. The van der Waals surface area contributed by atoms with Crippen molar-refractivity contribution in [3.05, 3.63) is 77.1 Å². The highest BCUT2D eigenvalue weighted by molar-refractivity contribution is 6.04. The van der Waals surface area contributed by atoms with Crippen molar-refractivity contribution in [1.82, 2.24) is 25.5 Å². The molecule has 2 aliphatic rings. The Morgan fingerprint density at radius 3 is 2.68 bits per heavy atom. The van der Waals surface area contributed by atoms with Crippen LogP contribution in [0.15, 0.2) is 54.9 Å². The fourth-order valence-corrected chi connectivity index (χ4v) is 5.05. The molecule has 5 rings (SSSR count). The number of fused-ring (bicyclic) bond motifs is 1. The van der Waals surface area contributed by atoms with Crippen molar-refractivity contribution in [2.45, 2.75) is 38.0 Å². The lowest BCUT2D eigenvalue weighted by atomic mass is 10.1. The zero-order chi connectivity index (χ0) is 31.6. The molecule has 3 aromatic rings. The first kappa shape index (κ1) is 30.7. The third-order valence-corrected chi connectivity index (χ3v) is 7.18. The number of amides is 2. The average Bonchev–Trinajstić information content (AvgIpc) is 3.61. The minimum atomic E-state index is -4.87. The predicted octanol–water partition coefficient (Wildman–Crippen LogP) is 5.21. The number of carbonyl (C=O) groups is 2. The molecule has 2 amide bonds. The Morgan fingerprint density at radius 1 is 1.20 bits per heavy atom. The van der Waals surface area contributed by atoms with Crippen LogP contribution in [0.1, 0.15) is 44.7 Å². The molecule has 0 unspecified atom stereocenters. The molecule has 0 aliphatic carbocycles. The predicted molar refractivity (Wildman–Crippen MR) is 151 cm³/mol. The summed E-state index contributed by atoms with van der Waals surface area (Å²) in [5, 5.41) is 11.4. The molecule has 44 heavy (non-hydrogen) atoms. The van der Waals surface area contributed by atoms with Crippen LogP contribution < -0.4 is 26.0 Å². The smallest absolute Gasteiger partial charge is 0.421 e. The molecule has 0 radical (unpaired) electrons. The number of hydrogen-bond donors (Lipinski definition) is 4. The number of halogens is 5. The van der Waals surface area contributed by atoms with Crippen molar-refractivity contribution in [3.8, 4) is 5.75 Å². The van der Waals surface area contributed by atoms with E-state index in [1.165, 1.54) is 37.4 Å². The molecule has 3 heterocycles. The second kappa shape index (κ2) is 12.4. The third-order valence-electron chi connectivity index (χ3n) is 7.18. The molecule has 4 N–H and O–H groups in total. The topological polar surface area (TPSA) is 121 Å². The SMILES string of the molecule is C=C(NC(=O)c1ccc(Nc2ncc(C(F)(F)F)c(Nc3cccc4c3C(=O)N(CC(F)F)C4)n2)c(OC)c1)[C@H]1CCCN1. The van der Waals surface area contributed by atoms with Gasteiger partial charge in [0.1, 0.15) is 17.1 Å². The number of alkyl halides is 5. The van der Waals surface area contributed by atoms with Crippen molar-refractivity contribution in [3.63, 3.8) is 0 Å². The molecule has 1 atom stereocenters. The molecule has 0 spiro atoms. The highest BCUT2D eigenvalue weighted by Gasteiger charge is 2.37. The molecule has 1 saturated heterocycles. The van der Waals surface area contributed by atoms with Crippen LogP contribution in [0, 0.1) is 0 Å². The van der Waals surface area contributed by atoms with Crippen LogP contribution in [0.5, 0.6) is 5.75 Å². The number of methoxy groups -OCH3 is 1. The number of hydrogen-bond acceptors (Lipinski definition) is 8. The van der Waals surface area contributed by atoms with E-state index < -0.39 is 42.3 Å². The molecule has 1 fully saturated rings. The number of nitrogens with one attached hydrogen (secondary N) is 4. The van der Waals surface area contributed by atoms with Crippen molar-refractivity contribution in [1.29, 1.82) is 0 Å². The van der Waals surface area contributed by atoms with Gasteiger partial charge in [0, 0.05) is 30.0 Å². The second-order valence-electron chi connectivity index (χ2n) is 10.2. The van der Waals surface area contributed by atoms with Gasteiger partial charge in [0.05, 0.1) is 30.6 Å². The average molecular weight is 618 g/mol. The maximum atomic E-state index is 13.9. The maximum Gasteiger partial charge on any atom is 0.421 e. The van der Waals surface area contributed by atoms with Gasteiger partial charge in [-0.05, 0) is 49.2 Å². The summed E-state index contributed by atoms with van der Waals surface area (Å²) in [4.78, 5) is 34.4. The Morgan fingerprint density at radius 2 is 2.00 bits per heavy atom. The fourth-order valence-electron chi connectivity index (χ4n) is 5.05. The number of anilines is 4. The van der Waals surface area contributed by atoms with E-state index in [1.54, 1.807) is 6.07 Å². The monoisotopic (exact) mass is 617 g/mol. The fraction of sp³-hybridized carbons (Fsp3) is 0.310. The van der Waals surface area contributed by atoms with Crippen molar-refractivity contribution >= 4 is 35.0 Å². The summed E-state index contributed by atoms with van der Waals surface area (Å²) in [5.74, 6) is -1.89. The standard InChI is InChI=1S/C29H28F5N7O3/c1-15(19-7-4-10-35-19)37-26(42)16-8-9-20(22(11-16)44-2)39-28-36-12-18(29(32,33)34)25(40-28)38-21-6-3-5-17-13-41(14-23(30)31)27(43)24(17)21/h3,5-6,8-9,11-12,19,23,35H,1,4,7,10,13-14H2,2H3,(H,37,42)(H2,36,38,39,40)/t19-/m1/s1. The van der Waals surface area contributed by atoms with Gasteiger partial charge in [0.25, 0.3) is 18.2 Å². The first-order valence-corrected chi connectivity index (χ1v) is 13.5. The van der Waals surface area contributed by atoms with Gasteiger partial charge in [0.2, 0.25) is 5.95 Å². The summed E-state index contributed by atoms with van der Waals surface area (Å²) in [6, 6.07) is 8.80. The van der Waals surface area contributed by atoms with Crippen molar-refractivity contribution in [2.75, 3.05) is 30.8 Å². The molecule has 232 valence electrons. The zero-order valence-corrected chi connectivity index (χ0v) is 23.4. The highest BCUT2D eigenvalue weighted by atomic mass is 19.4. The summed E-state index contributed by atoms with van der Waals surface area (Å²) >= 11 is 0. The largest absolute Gasteiger partial charge is 0.495 e. The van der Waals surface area contributed by atoms with Crippen LogP contribution in [0.2, 0.25) is 0 Å². The lowest BCUT2D eigenvalue weighted by molar-refractivity contribution is -0.137. The van der Waals surface area contributed by atoms with E-state index in [-0.39, 0.29) is 46.8 Å². The summed E-state index contributed by atoms with van der Waals surface area (Å²) < 4.78 is 73.1. The lowest BCUT2D eigenvalue weighted by Crippen LogP contribution is -2.34. The molecular formula is C29H28F5N7O3. The molecule has 1 aromatic heterocycles. The number of nitrogens with zero attached hydrogens (tertiary/aromatic N) is 3. The number of aromatic nitrogens is 2. The third kappa shape index (κ3) is 6.56. The molecule has 15 heteroatoms. The van der Waals surface area contributed by atoms with E-state index in [9.17, 15) is 31.5 Å². The quantitative estimate of drug-likeness (QED) is 0.229. The number of ether oxygens (including phenoxy) is 1. The van der Waals surface area contributed by atoms with Crippen LogP contribution in [0.25, 0.3) is 0 Å². The van der Waals surface area contributed by atoms with Gasteiger partial charge in [-0.1, -0.05) is 18.7 Å². The normalized spacial score (nSPS) is 16.2. The Kier molecular flexibility index (Phi) is 8.67. The Balaban J connectivity index is 1.40. The summed E-state index contributed by atoms with van der Waals surface area (Å²) in [6.45, 7) is 3.85. The zero-order valence-electron chi connectivity index (χ0n) is 23.4. The Labute approximate surface area is 248 Å². The first-order valence-electron chi connectivity index (χ1n) is 13.5. The second-order valence-corrected chi connectivity index (χ2v) is 10.2. The van der Waals surface area contributed by atoms with Gasteiger partial charge < -0.3 is 30.9 Å². The van der Waals surface area contributed by atoms with Gasteiger partial charge in [-0.2, -0.15) is 18.2 Å². The van der Waals surface area contributed by atoms with Crippen LogP contribution in [0.4, 0.5) is 45.1 Å². The van der Waals surface area contributed by atoms with E-state index in [4.69, 9.17) is 4.74 Å². The van der Waals surface area contributed by atoms with E-state index >= 15 is 0 Å². The van der Waals surface area contributed by atoms with Crippen LogP contribution in [0.3, 0.4) is 0 Å². The Hall–Kier alpha value is -4.79. The van der Waals surface area contributed by atoms with E-state index in [2.05, 4.69) is 37.8 Å². The Bertz CT molecular complexity index is 1590. The van der Waals surface area contributed by atoms with Crippen molar-refractivity contribution in [2.24, 2.45) is 0 Å². The number of carbonyl (C=O) groups excluding carboxylic acids is 2. The molecular weight excluding hydrogens is 589 g/mol. The van der Waals surface area contributed by atoms with Gasteiger partial charge in [0.15, 0.2) is 0 Å². The van der Waals surface area contributed by atoms with Crippen LogP contribution >= 0.6 is 0 Å². The summed E-state index contributed by atoms with van der Waals surface area (Å²) in [5.41, 5.74) is 0.178. The molecule has 10 nitrogen and oxygen atoms in total. The number of benzene rings is 2. The minimum absolute atomic E-state index is 0.0173. The van der Waals surface area contributed by atoms with E-state index in [0.29, 0.717) is 17.5 Å². The lowest BCUT2D eigenvalue weighted by Gasteiger charge is -2.18. The molecule has 2 aliphatic heterocycles. The first-order chi connectivity index (χ1) is 20.9. The van der Waals surface area contributed by atoms with E-state index in [0.717, 1.165) is 24.3 Å². The van der Waals surface area contributed by atoms with Crippen molar-refractivity contribution < 1.29 is 36.3 Å². The van der Waals surface area contributed by atoms with Gasteiger partial charge in [-0.3, -0.25) is 9.59 Å². The number of rotatable bonds is 10. The van der Waals surface area contributed by atoms with Crippen LogP contribution in [-0.2, 0) is 12.7 Å². The van der Waals surface area contributed by atoms with Gasteiger partial charge in [-0.15, -0.1) is 0 Å². The summed E-state index contributed by atoms with van der Waals surface area (Å²) in [6.07, 6.45) is -5.23. The molecule has 0 bridgehead atoms. The summed E-state index contributed by atoms with van der Waals surface area (Å²) in [7, 11) is 1.36. The van der Waals surface area contributed by atoms with Crippen LogP contribution in [-0.4, -0.2) is 59.3 Å².